The molecule has 102 valence electrons. The summed E-state index contributed by atoms with van der Waals surface area (Å²) >= 11 is 5.93. The second-order valence-corrected chi connectivity index (χ2v) is 4.70. The number of aliphatic hydroxyl groups excluding tert-OH is 1. The number of pyridine rings is 2. The SMILES string of the molecule is OCC(c1cccnc1)n1c(O)nc2ncc(Cl)cc21. The van der Waals surface area contributed by atoms with Gasteiger partial charge in [0.15, 0.2) is 5.65 Å². The van der Waals surface area contributed by atoms with Crippen LogP contribution in [0.25, 0.3) is 11.2 Å². The molecule has 0 aliphatic carbocycles. The van der Waals surface area contributed by atoms with Crippen molar-refractivity contribution in [3.63, 3.8) is 0 Å². The van der Waals surface area contributed by atoms with Crippen LogP contribution >= 0.6 is 11.6 Å². The minimum atomic E-state index is -0.506. The first-order valence-corrected chi connectivity index (χ1v) is 6.31. The highest BCUT2D eigenvalue weighted by Gasteiger charge is 2.21. The summed E-state index contributed by atoms with van der Waals surface area (Å²) in [6.07, 6.45) is 4.73. The van der Waals surface area contributed by atoms with Crippen molar-refractivity contribution in [1.82, 2.24) is 19.5 Å². The third-order valence-corrected chi connectivity index (χ3v) is 3.26. The summed E-state index contributed by atoms with van der Waals surface area (Å²) in [5.74, 6) is 0. The average molecular weight is 291 g/mol. The quantitative estimate of drug-likeness (QED) is 0.768. The molecule has 20 heavy (non-hydrogen) atoms. The molecular formula is C13H11ClN4O2. The van der Waals surface area contributed by atoms with Crippen LogP contribution in [0.2, 0.25) is 5.02 Å². The predicted molar refractivity (Wildman–Crippen MR) is 73.7 cm³/mol. The molecule has 3 aromatic rings. The summed E-state index contributed by atoms with van der Waals surface area (Å²) in [7, 11) is 0. The smallest absolute Gasteiger partial charge is 0.297 e. The topological polar surface area (TPSA) is 84.1 Å². The molecule has 1 unspecified atom stereocenters. The Morgan fingerprint density at radius 3 is 2.90 bits per heavy atom. The third kappa shape index (κ3) is 2.09. The van der Waals surface area contributed by atoms with Gasteiger partial charge in [-0.15, -0.1) is 0 Å². The maximum Gasteiger partial charge on any atom is 0.297 e. The highest BCUT2D eigenvalue weighted by Crippen LogP contribution is 2.29. The number of aliphatic hydroxyl groups is 1. The first kappa shape index (κ1) is 12.8. The molecule has 2 N–H and O–H groups in total. The Morgan fingerprint density at radius 1 is 1.35 bits per heavy atom. The van der Waals surface area contributed by atoms with Crippen LogP contribution in [-0.4, -0.2) is 36.3 Å². The molecule has 0 spiro atoms. The van der Waals surface area contributed by atoms with Gasteiger partial charge in [-0.1, -0.05) is 17.7 Å². The van der Waals surface area contributed by atoms with Crippen molar-refractivity contribution in [3.8, 4) is 6.01 Å². The lowest BCUT2D eigenvalue weighted by Crippen LogP contribution is -2.14. The van der Waals surface area contributed by atoms with Gasteiger partial charge in [-0.05, 0) is 17.7 Å². The summed E-state index contributed by atoms with van der Waals surface area (Å²) in [4.78, 5) is 12.0. The summed E-state index contributed by atoms with van der Waals surface area (Å²) in [5.41, 5.74) is 1.68. The van der Waals surface area contributed by atoms with E-state index < -0.39 is 6.04 Å². The lowest BCUT2D eigenvalue weighted by molar-refractivity contribution is 0.240. The normalized spacial score (nSPS) is 12.7. The van der Waals surface area contributed by atoms with E-state index in [4.69, 9.17) is 11.6 Å². The van der Waals surface area contributed by atoms with Gasteiger partial charge in [0, 0.05) is 18.6 Å². The van der Waals surface area contributed by atoms with Crippen LogP contribution in [0.3, 0.4) is 0 Å². The van der Waals surface area contributed by atoms with E-state index in [1.807, 2.05) is 6.07 Å². The molecule has 1 atom stereocenters. The van der Waals surface area contributed by atoms with Gasteiger partial charge in [-0.2, -0.15) is 4.98 Å². The number of hydrogen-bond acceptors (Lipinski definition) is 5. The van der Waals surface area contributed by atoms with Crippen molar-refractivity contribution in [1.29, 1.82) is 0 Å². The van der Waals surface area contributed by atoms with Gasteiger partial charge in [0.2, 0.25) is 0 Å². The largest absolute Gasteiger partial charge is 0.480 e. The zero-order valence-corrected chi connectivity index (χ0v) is 11.1. The Hall–Kier alpha value is -2.18. The Balaban J connectivity index is 2.21. The Bertz CT molecular complexity index is 745. The zero-order valence-electron chi connectivity index (χ0n) is 10.3. The van der Waals surface area contributed by atoms with E-state index in [0.29, 0.717) is 16.2 Å². The van der Waals surface area contributed by atoms with E-state index in [-0.39, 0.29) is 12.6 Å². The number of aromatic nitrogens is 4. The first-order chi connectivity index (χ1) is 9.70. The lowest BCUT2D eigenvalue weighted by atomic mass is 10.1. The summed E-state index contributed by atoms with van der Waals surface area (Å²) < 4.78 is 1.49. The fourth-order valence-electron chi connectivity index (χ4n) is 2.16. The van der Waals surface area contributed by atoms with Gasteiger partial charge < -0.3 is 10.2 Å². The van der Waals surface area contributed by atoms with E-state index in [9.17, 15) is 10.2 Å². The summed E-state index contributed by atoms with van der Waals surface area (Å²) in [5, 5.41) is 20.1. The molecule has 0 bridgehead atoms. The van der Waals surface area contributed by atoms with E-state index in [1.54, 1.807) is 24.5 Å². The molecule has 0 saturated heterocycles. The first-order valence-electron chi connectivity index (χ1n) is 5.94. The van der Waals surface area contributed by atoms with Crippen molar-refractivity contribution in [2.45, 2.75) is 6.04 Å². The highest BCUT2D eigenvalue weighted by molar-refractivity contribution is 6.31. The molecular weight excluding hydrogens is 280 g/mol. The van der Waals surface area contributed by atoms with Crippen LogP contribution in [-0.2, 0) is 0 Å². The average Bonchev–Trinajstić information content (AvgIpc) is 2.77. The number of nitrogens with zero attached hydrogens (tertiary/aromatic N) is 4. The molecule has 0 aliphatic heterocycles. The van der Waals surface area contributed by atoms with Gasteiger partial charge >= 0.3 is 0 Å². The maximum atomic E-state index is 10.0. The lowest BCUT2D eigenvalue weighted by Gasteiger charge is -2.17. The molecule has 3 aromatic heterocycles. The van der Waals surface area contributed by atoms with Gasteiger partial charge in [-0.25, -0.2) is 4.98 Å². The molecule has 0 fully saturated rings. The fourth-order valence-corrected chi connectivity index (χ4v) is 2.31. The van der Waals surface area contributed by atoms with Crippen molar-refractivity contribution < 1.29 is 10.2 Å². The van der Waals surface area contributed by atoms with Crippen molar-refractivity contribution in [3.05, 3.63) is 47.4 Å². The van der Waals surface area contributed by atoms with Crippen LogP contribution in [0.5, 0.6) is 6.01 Å². The van der Waals surface area contributed by atoms with Crippen LogP contribution in [0.15, 0.2) is 36.8 Å². The second-order valence-electron chi connectivity index (χ2n) is 4.26. The Labute approximate surface area is 119 Å². The van der Waals surface area contributed by atoms with Crippen LogP contribution in [0.1, 0.15) is 11.6 Å². The zero-order chi connectivity index (χ0) is 14.1. The van der Waals surface area contributed by atoms with Gasteiger partial charge in [0.1, 0.15) is 0 Å². The van der Waals surface area contributed by atoms with Crippen molar-refractivity contribution in [2.24, 2.45) is 0 Å². The summed E-state index contributed by atoms with van der Waals surface area (Å²) in [6, 6.07) is 4.50. The van der Waals surface area contributed by atoms with Crippen molar-refractivity contribution >= 4 is 22.8 Å². The summed E-state index contributed by atoms with van der Waals surface area (Å²) in [6.45, 7) is -0.211. The molecule has 0 radical (unpaired) electrons. The number of imidazole rings is 1. The van der Waals surface area contributed by atoms with Crippen LogP contribution in [0, 0.1) is 0 Å². The number of rotatable bonds is 3. The molecule has 0 saturated carbocycles. The molecule has 0 aromatic carbocycles. The van der Waals surface area contributed by atoms with E-state index in [2.05, 4.69) is 15.0 Å². The monoisotopic (exact) mass is 290 g/mol. The van der Waals surface area contributed by atoms with Crippen LogP contribution in [0.4, 0.5) is 0 Å². The number of hydrogen-bond donors (Lipinski definition) is 2. The Morgan fingerprint density at radius 2 is 2.20 bits per heavy atom. The number of halogens is 1. The molecule has 3 rings (SSSR count). The number of aromatic hydroxyl groups is 1. The predicted octanol–water partition coefficient (Wildman–Crippen LogP) is 1.77. The second kappa shape index (κ2) is 5.07. The molecule has 0 amide bonds. The molecule has 0 aliphatic rings. The van der Waals surface area contributed by atoms with Crippen LogP contribution < -0.4 is 0 Å². The molecule has 6 nitrogen and oxygen atoms in total. The minimum Gasteiger partial charge on any atom is -0.480 e. The minimum absolute atomic E-state index is 0.211. The standard InChI is InChI=1S/C13H11ClN4O2/c14-9-4-10-12(16-6-9)17-13(20)18(10)11(7-19)8-2-1-3-15-5-8/h1-6,11,19H,7H2,(H,16,17,20). The molecule has 7 heteroatoms. The van der Waals surface area contributed by atoms with E-state index >= 15 is 0 Å². The van der Waals surface area contributed by atoms with E-state index in [0.717, 1.165) is 5.56 Å². The van der Waals surface area contributed by atoms with Crippen molar-refractivity contribution in [2.75, 3.05) is 6.61 Å². The highest BCUT2D eigenvalue weighted by atomic mass is 35.5. The Kier molecular flexibility index (Phi) is 3.25. The van der Waals surface area contributed by atoms with Gasteiger partial charge in [0.05, 0.1) is 23.2 Å². The molecule has 3 heterocycles. The third-order valence-electron chi connectivity index (χ3n) is 3.05. The van der Waals surface area contributed by atoms with Gasteiger partial charge in [0.25, 0.3) is 6.01 Å². The maximum absolute atomic E-state index is 10.0. The number of fused-ring (bicyclic) bond motifs is 1. The van der Waals surface area contributed by atoms with E-state index in [1.165, 1.54) is 10.8 Å². The fraction of sp³-hybridized carbons (Fsp3) is 0.154. The van der Waals surface area contributed by atoms with Gasteiger partial charge in [-0.3, -0.25) is 9.55 Å².